The van der Waals surface area contributed by atoms with Crippen molar-refractivity contribution in [2.75, 3.05) is 7.05 Å². The van der Waals surface area contributed by atoms with Crippen LogP contribution in [0.5, 0.6) is 0 Å². The maximum atomic E-state index is 11.9. The lowest BCUT2D eigenvalue weighted by Gasteiger charge is -2.28. The Bertz CT molecular complexity index is 453. The Labute approximate surface area is 99.9 Å². The van der Waals surface area contributed by atoms with E-state index in [1.54, 1.807) is 31.2 Å². The van der Waals surface area contributed by atoms with Gasteiger partial charge in [0.05, 0.1) is 11.5 Å². The van der Waals surface area contributed by atoms with E-state index in [0.717, 1.165) is 4.90 Å². The number of amides is 2. The van der Waals surface area contributed by atoms with Crippen LogP contribution in [0.2, 0.25) is 0 Å². The summed E-state index contributed by atoms with van der Waals surface area (Å²) < 4.78 is 0. The molecule has 1 aliphatic heterocycles. The summed E-state index contributed by atoms with van der Waals surface area (Å²) in [4.78, 5) is 24.4. The first-order valence-electron chi connectivity index (χ1n) is 5.53. The normalized spacial score (nSPS) is 23.9. The fraction of sp³-hybridized carbons (Fsp3) is 0.385. The van der Waals surface area contributed by atoms with Crippen molar-refractivity contribution in [3.63, 3.8) is 0 Å². The van der Waals surface area contributed by atoms with Crippen molar-refractivity contribution >= 4 is 11.8 Å². The number of carbonyl (C=O) groups excluding carboxylic acids is 2. The van der Waals surface area contributed by atoms with Gasteiger partial charge in [0.1, 0.15) is 0 Å². The molecule has 1 aliphatic rings. The highest BCUT2D eigenvalue weighted by Crippen LogP contribution is 2.36. The summed E-state index contributed by atoms with van der Waals surface area (Å²) in [5, 5.41) is 10.5. The van der Waals surface area contributed by atoms with E-state index in [0.29, 0.717) is 5.56 Å². The van der Waals surface area contributed by atoms with Gasteiger partial charge in [0.25, 0.3) is 0 Å². The molecule has 1 heterocycles. The Morgan fingerprint density at radius 2 is 1.88 bits per heavy atom. The van der Waals surface area contributed by atoms with Crippen LogP contribution in [-0.4, -0.2) is 28.9 Å². The first-order chi connectivity index (χ1) is 7.94. The van der Waals surface area contributed by atoms with E-state index in [2.05, 4.69) is 0 Å². The van der Waals surface area contributed by atoms with Crippen LogP contribution in [-0.2, 0) is 15.2 Å². The molecule has 0 bridgehead atoms. The van der Waals surface area contributed by atoms with Crippen LogP contribution in [0.25, 0.3) is 0 Å². The van der Waals surface area contributed by atoms with Gasteiger partial charge >= 0.3 is 0 Å². The number of nitrogens with zero attached hydrogens (tertiary/aromatic N) is 1. The Hall–Kier alpha value is -1.68. The molecule has 2 unspecified atom stereocenters. The molecule has 1 saturated heterocycles. The first kappa shape index (κ1) is 11.8. The molecule has 0 aliphatic carbocycles. The van der Waals surface area contributed by atoms with E-state index in [4.69, 9.17) is 0 Å². The third-order valence-corrected chi connectivity index (χ3v) is 3.42. The zero-order valence-electron chi connectivity index (χ0n) is 9.88. The van der Waals surface area contributed by atoms with Gasteiger partial charge in [0.2, 0.25) is 11.8 Å². The highest BCUT2D eigenvalue weighted by Gasteiger charge is 2.47. The molecule has 0 aromatic heterocycles. The van der Waals surface area contributed by atoms with Gasteiger partial charge < -0.3 is 5.11 Å². The van der Waals surface area contributed by atoms with E-state index in [1.807, 2.05) is 6.07 Å². The summed E-state index contributed by atoms with van der Waals surface area (Å²) in [6.45, 7) is 1.58. The van der Waals surface area contributed by atoms with E-state index in [1.165, 1.54) is 7.05 Å². The molecule has 1 aromatic carbocycles. The molecule has 2 rings (SSSR count). The Balaban J connectivity index is 2.34. The van der Waals surface area contributed by atoms with Crippen LogP contribution < -0.4 is 0 Å². The number of benzene rings is 1. The molecule has 0 radical (unpaired) electrons. The fourth-order valence-corrected chi connectivity index (χ4v) is 2.17. The molecule has 1 aromatic rings. The van der Waals surface area contributed by atoms with Crippen LogP contribution in [0.3, 0.4) is 0 Å². The molecule has 4 nitrogen and oxygen atoms in total. The first-order valence-corrected chi connectivity index (χ1v) is 5.53. The summed E-state index contributed by atoms with van der Waals surface area (Å²) in [6.07, 6.45) is 0.0667. The second kappa shape index (κ2) is 3.96. The zero-order chi connectivity index (χ0) is 12.6. The number of aliphatic hydroxyl groups is 1. The van der Waals surface area contributed by atoms with Gasteiger partial charge in [-0.05, 0) is 12.5 Å². The minimum absolute atomic E-state index is 0.0667. The number of imide groups is 1. The molecular formula is C13H15NO3. The number of hydrogen-bond acceptors (Lipinski definition) is 3. The third-order valence-electron chi connectivity index (χ3n) is 3.42. The molecule has 0 spiro atoms. The van der Waals surface area contributed by atoms with Gasteiger partial charge in [0.15, 0.2) is 0 Å². The zero-order valence-corrected chi connectivity index (χ0v) is 9.88. The maximum Gasteiger partial charge on any atom is 0.235 e. The topological polar surface area (TPSA) is 57.6 Å². The van der Waals surface area contributed by atoms with Crippen LogP contribution in [0.4, 0.5) is 0 Å². The van der Waals surface area contributed by atoms with Crippen molar-refractivity contribution in [2.24, 2.45) is 5.92 Å². The Kier molecular flexibility index (Phi) is 2.75. The summed E-state index contributed by atoms with van der Waals surface area (Å²) in [6, 6.07) is 8.96. The second-order valence-corrected chi connectivity index (χ2v) is 4.56. The predicted molar refractivity (Wildman–Crippen MR) is 61.9 cm³/mol. The summed E-state index contributed by atoms with van der Waals surface area (Å²) in [5.74, 6) is -1.25. The lowest BCUT2D eigenvalue weighted by molar-refractivity contribution is -0.140. The largest absolute Gasteiger partial charge is 0.385 e. The van der Waals surface area contributed by atoms with Gasteiger partial charge in [-0.3, -0.25) is 14.5 Å². The monoisotopic (exact) mass is 233 g/mol. The SMILES string of the molecule is CN1C(=O)CC(C(C)(O)c2ccccc2)C1=O. The predicted octanol–water partition coefficient (Wildman–Crippen LogP) is 0.899. The van der Waals surface area contributed by atoms with Crippen LogP contribution in [0, 0.1) is 5.92 Å². The van der Waals surface area contributed by atoms with Crippen molar-refractivity contribution in [1.29, 1.82) is 0 Å². The smallest absolute Gasteiger partial charge is 0.235 e. The molecule has 0 saturated carbocycles. The standard InChI is InChI=1S/C13H15NO3/c1-13(17,9-6-4-3-5-7-9)10-8-11(15)14(2)12(10)16/h3-7,10,17H,8H2,1-2H3. The molecule has 4 heteroatoms. The van der Waals surface area contributed by atoms with E-state index >= 15 is 0 Å². The van der Waals surface area contributed by atoms with E-state index in [9.17, 15) is 14.7 Å². The van der Waals surface area contributed by atoms with Crippen molar-refractivity contribution in [1.82, 2.24) is 4.90 Å². The number of rotatable bonds is 2. The van der Waals surface area contributed by atoms with Gasteiger partial charge in [-0.15, -0.1) is 0 Å². The quantitative estimate of drug-likeness (QED) is 0.772. The Morgan fingerprint density at radius 3 is 2.35 bits per heavy atom. The van der Waals surface area contributed by atoms with Crippen molar-refractivity contribution in [2.45, 2.75) is 18.9 Å². The van der Waals surface area contributed by atoms with Crippen molar-refractivity contribution < 1.29 is 14.7 Å². The molecule has 2 atom stereocenters. The van der Waals surface area contributed by atoms with Crippen molar-refractivity contribution in [3.05, 3.63) is 35.9 Å². The average Bonchev–Trinajstić information content (AvgIpc) is 2.59. The highest BCUT2D eigenvalue weighted by molar-refractivity contribution is 6.03. The number of carbonyl (C=O) groups is 2. The lowest BCUT2D eigenvalue weighted by atomic mass is 9.82. The third kappa shape index (κ3) is 1.85. The van der Waals surface area contributed by atoms with Crippen LogP contribution in [0.1, 0.15) is 18.9 Å². The fourth-order valence-electron chi connectivity index (χ4n) is 2.17. The maximum absolute atomic E-state index is 11.9. The van der Waals surface area contributed by atoms with Gasteiger partial charge in [-0.1, -0.05) is 30.3 Å². The lowest BCUT2D eigenvalue weighted by Crippen LogP contribution is -2.37. The summed E-state index contributed by atoms with van der Waals surface area (Å²) in [5.41, 5.74) is -0.653. The Morgan fingerprint density at radius 1 is 1.29 bits per heavy atom. The van der Waals surface area contributed by atoms with Crippen LogP contribution >= 0.6 is 0 Å². The minimum atomic E-state index is -1.31. The molecule has 90 valence electrons. The van der Waals surface area contributed by atoms with Gasteiger partial charge in [0, 0.05) is 13.5 Å². The molecule has 1 N–H and O–H groups in total. The van der Waals surface area contributed by atoms with Gasteiger partial charge in [-0.2, -0.15) is 0 Å². The van der Waals surface area contributed by atoms with E-state index < -0.39 is 11.5 Å². The molecule has 1 fully saturated rings. The van der Waals surface area contributed by atoms with E-state index in [-0.39, 0.29) is 18.2 Å². The summed E-state index contributed by atoms with van der Waals surface area (Å²) >= 11 is 0. The number of hydrogen-bond donors (Lipinski definition) is 1. The summed E-state index contributed by atoms with van der Waals surface area (Å²) in [7, 11) is 1.45. The molecule has 2 amide bonds. The van der Waals surface area contributed by atoms with Gasteiger partial charge in [-0.25, -0.2) is 0 Å². The number of likely N-dealkylation sites (tertiary alicyclic amines) is 1. The van der Waals surface area contributed by atoms with Crippen LogP contribution in [0.15, 0.2) is 30.3 Å². The molecule has 17 heavy (non-hydrogen) atoms. The van der Waals surface area contributed by atoms with Crippen molar-refractivity contribution in [3.8, 4) is 0 Å². The minimum Gasteiger partial charge on any atom is -0.385 e. The second-order valence-electron chi connectivity index (χ2n) is 4.56. The highest BCUT2D eigenvalue weighted by atomic mass is 16.3. The average molecular weight is 233 g/mol. The molecular weight excluding hydrogens is 218 g/mol.